The highest BCUT2D eigenvalue weighted by molar-refractivity contribution is 5.51. The van der Waals surface area contributed by atoms with E-state index in [0.717, 1.165) is 23.9 Å². The zero-order chi connectivity index (χ0) is 11.0. The normalized spacial score (nSPS) is 16.3. The molecule has 4 heteroatoms. The van der Waals surface area contributed by atoms with Crippen molar-refractivity contribution in [3.05, 3.63) is 24.0 Å². The standard InChI is InChI=1S/C12H16N4/c1-9-5-11(13-7-10-3-2-4-10)16-12(6-9)14-8-15-16/h5-6,8,10,13H,2-4,7H2,1H3. The second-order valence-corrected chi connectivity index (χ2v) is 4.63. The van der Waals surface area contributed by atoms with E-state index < -0.39 is 0 Å². The van der Waals surface area contributed by atoms with Crippen LogP contribution in [0.1, 0.15) is 24.8 Å². The number of hydrogen-bond donors (Lipinski definition) is 1. The Labute approximate surface area is 94.7 Å². The van der Waals surface area contributed by atoms with E-state index in [-0.39, 0.29) is 0 Å². The van der Waals surface area contributed by atoms with Crippen molar-refractivity contribution in [1.29, 1.82) is 0 Å². The number of aryl methyl sites for hydroxylation is 1. The first-order chi connectivity index (χ1) is 7.83. The van der Waals surface area contributed by atoms with Gasteiger partial charge in [0.1, 0.15) is 12.1 Å². The number of fused-ring (bicyclic) bond motifs is 1. The van der Waals surface area contributed by atoms with Crippen LogP contribution < -0.4 is 5.32 Å². The van der Waals surface area contributed by atoms with Gasteiger partial charge in [-0.15, -0.1) is 0 Å². The maximum atomic E-state index is 4.22. The Morgan fingerprint density at radius 3 is 3.06 bits per heavy atom. The minimum Gasteiger partial charge on any atom is -0.370 e. The van der Waals surface area contributed by atoms with Gasteiger partial charge < -0.3 is 5.32 Å². The molecule has 0 saturated heterocycles. The number of nitrogens with one attached hydrogen (secondary N) is 1. The van der Waals surface area contributed by atoms with Crippen molar-refractivity contribution >= 4 is 11.5 Å². The van der Waals surface area contributed by atoms with Crippen molar-refractivity contribution in [2.24, 2.45) is 5.92 Å². The van der Waals surface area contributed by atoms with Crippen LogP contribution in [0, 0.1) is 12.8 Å². The molecule has 3 rings (SSSR count). The van der Waals surface area contributed by atoms with Crippen molar-refractivity contribution in [2.75, 3.05) is 11.9 Å². The molecule has 16 heavy (non-hydrogen) atoms. The van der Waals surface area contributed by atoms with E-state index >= 15 is 0 Å². The minimum absolute atomic E-state index is 0.846. The van der Waals surface area contributed by atoms with Crippen LogP contribution in [0.5, 0.6) is 0 Å². The highest BCUT2D eigenvalue weighted by atomic mass is 15.3. The fourth-order valence-electron chi connectivity index (χ4n) is 2.13. The first-order valence-corrected chi connectivity index (χ1v) is 5.87. The molecule has 2 aromatic heterocycles. The lowest BCUT2D eigenvalue weighted by atomic mass is 9.85. The maximum Gasteiger partial charge on any atom is 0.157 e. The van der Waals surface area contributed by atoms with Gasteiger partial charge in [0.15, 0.2) is 5.65 Å². The number of anilines is 1. The van der Waals surface area contributed by atoms with Gasteiger partial charge in [0.2, 0.25) is 0 Å². The molecule has 1 aliphatic carbocycles. The second kappa shape index (κ2) is 3.77. The fourth-order valence-corrected chi connectivity index (χ4v) is 2.13. The SMILES string of the molecule is Cc1cc(NCC2CCC2)n2ncnc2c1. The molecule has 2 aromatic rings. The van der Waals surface area contributed by atoms with E-state index in [4.69, 9.17) is 0 Å². The summed E-state index contributed by atoms with van der Waals surface area (Å²) in [6.45, 7) is 3.14. The van der Waals surface area contributed by atoms with Gasteiger partial charge in [0, 0.05) is 6.54 Å². The molecule has 1 fully saturated rings. The van der Waals surface area contributed by atoms with Crippen molar-refractivity contribution < 1.29 is 0 Å². The van der Waals surface area contributed by atoms with Gasteiger partial charge in [-0.25, -0.2) is 4.98 Å². The Bertz CT molecular complexity index is 499. The molecule has 1 saturated carbocycles. The predicted octanol–water partition coefficient (Wildman–Crippen LogP) is 2.25. The summed E-state index contributed by atoms with van der Waals surface area (Å²) in [6, 6.07) is 4.17. The lowest BCUT2D eigenvalue weighted by molar-refractivity contribution is 0.333. The van der Waals surface area contributed by atoms with Crippen LogP contribution >= 0.6 is 0 Å². The number of pyridine rings is 1. The quantitative estimate of drug-likeness (QED) is 0.855. The summed E-state index contributed by atoms with van der Waals surface area (Å²) in [7, 11) is 0. The molecule has 0 atom stereocenters. The van der Waals surface area contributed by atoms with Gasteiger partial charge in [-0.3, -0.25) is 0 Å². The predicted molar refractivity (Wildman–Crippen MR) is 63.6 cm³/mol. The molecule has 0 spiro atoms. The number of aromatic nitrogens is 3. The third-order valence-corrected chi connectivity index (χ3v) is 3.32. The van der Waals surface area contributed by atoms with Crippen LogP contribution in [-0.4, -0.2) is 21.1 Å². The fraction of sp³-hybridized carbons (Fsp3) is 0.500. The van der Waals surface area contributed by atoms with Gasteiger partial charge in [-0.1, -0.05) is 6.42 Å². The third kappa shape index (κ3) is 1.64. The Hall–Kier alpha value is -1.58. The highest BCUT2D eigenvalue weighted by Gasteiger charge is 2.17. The monoisotopic (exact) mass is 216 g/mol. The summed E-state index contributed by atoms with van der Waals surface area (Å²) in [5.41, 5.74) is 2.13. The molecule has 0 aliphatic heterocycles. The largest absolute Gasteiger partial charge is 0.370 e. The molecular formula is C12H16N4. The molecule has 0 amide bonds. The Kier molecular flexibility index (Phi) is 2.27. The summed E-state index contributed by atoms with van der Waals surface area (Å²) in [4.78, 5) is 4.21. The summed E-state index contributed by atoms with van der Waals surface area (Å²) < 4.78 is 1.87. The van der Waals surface area contributed by atoms with Gasteiger partial charge in [-0.2, -0.15) is 9.61 Å². The van der Waals surface area contributed by atoms with Crippen molar-refractivity contribution in [1.82, 2.24) is 14.6 Å². The molecule has 4 nitrogen and oxygen atoms in total. The van der Waals surface area contributed by atoms with Crippen molar-refractivity contribution in [2.45, 2.75) is 26.2 Å². The van der Waals surface area contributed by atoms with E-state index in [1.165, 1.54) is 24.8 Å². The van der Waals surface area contributed by atoms with Gasteiger partial charge in [0.05, 0.1) is 0 Å². The van der Waals surface area contributed by atoms with Gasteiger partial charge in [0.25, 0.3) is 0 Å². The molecule has 0 radical (unpaired) electrons. The minimum atomic E-state index is 0.846. The van der Waals surface area contributed by atoms with E-state index in [1.54, 1.807) is 6.33 Å². The summed E-state index contributed by atoms with van der Waals surface area (Å²) in [5, 5.41) is 7.70. The van der Waals surface area contributed by atoms with E-state index in [0.29, 0.717) is 0 Å². The first-order valence-electron chi connectivity index (χ1n) is 5.87. The third-order valence-electron chi connectivity index (χ3n) is 3.32. The Morgan fingerprint density at radius 1 is 1.44 bits per heavy atom. The molecule has 1 N–H and O–H groups in total. The second-order valence-electron chi connectivity index (χ2n) is 4.63. The zero-order valence-corrected chi connectivity index (χ0v) is 9.48. The Balaban J connectivity index is 1.85. The van der Waals surface area contributed by atoms with Crippen molar-refractivity contribution in [3.8, 4) is 0 Å². The van der Waals surface area contributed by atoms with Gasteiger partial charge in [-0.05, 0) is 43.4 Å². The number of nitrogens with zero attached hydrogens (tertiary/aromatic N) is 3. The molecule has 0 aromatic carbocycles. The van der Waals surface area contributed by atoms with Crippen LogP contribution in [-0.2, 0) is 0 Å². The van der Waals surface area contributed by atoms with Crippen LogP contribution in [0.3, 0.4) is 0 Å². The van der Waals surface area contributed by atoms with E-state index in [9.17, 15) is 0 Å². The lowest BCUT2D eigenvalue weighted by Gasteiger charge is -2.25. The number of hydrogen-bond acceptors (Lipinski definition) is 3. The van der Waals surface area contributed by atoms with Gasteiger partial charge >= 0.3 is 0 Å². The molecule has 0 unspecified atom stereocenters. The smallest absolute Gasteiger partial charge is 0.157 e. The molecule has 1 aliphatic rings. The summed E-state index contributed by atoms with van der Waals surface area (Å²) in [5.74, 6) is 1.90. The first kappa shape index (κ1) is 9.63. The highest BCUT2D eigenvalue weighted by Crippen LogP contribution is 2.26. The topological polar surface area (TPSA) is 42.2 Å². The zero-order valence-electron chi connectivity index (χ0n) is 9.48. The van der Waals surface area contributed by atoms with Crippen LogP contribution in [0.4, 0.5) is 5.82 Å². The number of rotatable bonds is 3. The summed E-state index contributed by atoms with van der Waals surface area (Å²) in [6.07, 6.45) is 5.71. The summed E-state index contributed by atoms with van der Waals surface area (Å²) >= 11 is 0. The lowest BCUT2D eigenvalue weighted by Crippen LogP contribution is -2.22. The Morgan fingerprint density at radius 2 is 2.31 bits per heavy atom. The van der Waals surface area contributed by atoms with Crippen LogP contribution in [0.25, 0.3) is 5.65 Å². The average molecular weight is 216 g/mol. The maximum absolute atomic E-state index is 4.22. The van der Waals surface area contributed by atoms with Crippen LogP contribution in [0.15, 0.2) is 18.5 Å². The van der Waals surface area contributed by atoms with E-state index in [2.05, 4.69) is 28.4 Å². The molecule has 0 bridgehead atoms. The molecule has 84 valence electrons. The molecule has 2 heterocycles. The molecular weight excluding hydrogens is 200 g/mol. The van der Waals surface area contributed by atoms with Crippen LogP contribution in [0.2, 0.25) is 0 Å². The van der Waals surface area contributed by atoms with E-state index in [1.807, 2.05) is 10.6 Å². The van der Waals surface area contributed by atoms with Crippen molar-refractivity contribution in [3.63, 3.8) is 0 Å². The average Bonchev–Trinajstić information content (AvgIpc) is 2.62.